The number of thiazole rings is 1. The Labute approximate surface area is 229 Å². The quantitative estimate of drug-likeness (QED) is 0.234. The van der Waals surface area contributed by atoms with Crippen LogP contribution in [0.2, 0.25) is 5.02 Å². The third-order valence-corrected chi connectivity index (χ3v) is 8.91. The normalized spacial score (nSPS) is 17.1. The molecule has 6 nitrogen and oxygen atoms in total. The van der Waals surface area contributed by atoms with Crippen molar-refractivity contribution in [3.63, 3.8) is 0 Å². The van der Waals surface area contributed by atoms with Crippen molar-refractivity contribution in [3.8, 4) is 11.5 Å². The van der Waals surface area contributed by atoms with Gasteiger partial charge < -0.3 is 19.5 Å². The number of rotatable bonds is 9. The van der Waals surface area contributed by atoms with Crippen molar-refractivity contribution in [1.82, 2.24) is 4.98 Å². The zero-order valence-corrected chi connectivity index (χ0v) is 23.4. The van der Waals surface area contributed by atoms with Crippen LogP contribution >= 0.6 is 46.9 Å². The second kappa shape index (κ2) is 12.3. The molecule has 1 aromatic heterocycles. The number of aryl methyl sites for hydroxylation is 1. The van der Waals surface area contributed by atoms with Crippen molar-refractivity contribution in [1.29, 1.82) is 0 Å². The first-order chi connectivity index (χ1) is 17.4. The van der Waals surface area contributed by atoms with Gasteiger partial charge in [-0.15, -0.1) is 23.1 Å². The smallest absolute Gasteiger partial charge is 0.306 e. The molecule has 2 heterocycles. The summed E-state index contributed by atoms with van der Waals surface area (Å²) in [5.41, 5.74) is 3.82. The number of thioether (sulfide) groups is 1. The molecule has 0 bridgehead atoms. The molecule has 1 aliphatic rings. The van der Waals surface area contributed by atoms with Gasteiger partial charge in [0.1, 0.15) is 0 Å². The van der Waals surface area contributed by atoms with E-state index in [4.69, 9.17) is 43.0 Å². The lowest BCUT2D eigenvalue weighted by molar-refractivity contribution is -0.143. The molecule has 0 fully saturated rings. The lowest BCUT2D eigenvalue weighted by Crippen LogP contribution is -2.24. The van der Waals surface area contributed by atoms with Crippen LogP contribution in [0, 0.1) is 0 Å². The second-order valence-corrected chi connectivity index (χ2v) is 11.2. The molecule has 0 amide bonds. The SMILES string of the molecule is CCOC(=O)CCc1csc(C[C@@H]2S[C@@H](c3cccc(OC)c3OC)c3cc(Cl)ccc3NC2=S)n1. The van der Waals surface area contributed by atoms with Crippen molar-refractivity contribution >= 4 is 63.6 Å². The van der Waals surface area contributed by atoms with E-state index < -0.39 is 0 Å². The summed E-state index contributed by atoms with van der Waals surface area (Å²) in [5, 5.41) is 6.91. The molecule has 10 heteroatoms. The molecule has 2 atom stereocenters. The minimum Gasteiger partial charge on any atom is -0.493 e. The van der Waals surface area contributed by atoms with Crippen LogP contribution in [0.1, 0.15) is 40.4 Å². The topological polar surface area (TPSA) is 69.7 Å². The largest absolute Gasteiger partial charge is 0.493 e. The van der Waals surface area contributed by atoms with Gasteiger partial charge in [0, 0.05) is 34.5 Å². The van der Waals surface area contributed by atoms with Gasteiger partial charge in [-0.3, -0.25) is 4.79 Å². The van der Waals surface area contributed by atoms with Crippen LogP contribution in [-0.2, 0) is 22.4 Å². The first-order valence-electron chi connectivity index (χ1n) is 11.5. The third-order valence-electron chi connectivity index (χ3n) is 5.71. The fraction of sp³-hybridized carbons (Fsp3) is 0.346. The van der Waals surface area contributed by atoms with E-state index in [1.807, 2.05) is 41.8 Å². The standard InChI is InChI=1S/C26H27ClN2O4S3/c1-4-33-23(30)11-9-16-14-35-22(28-16)13-21-26(34)29-19-10-8-15(27)12-18(19)25(36-21)17-6-5-7-20(31-2)24(17)32-3/h5-8,10,12,14,21,25H,4,9,11,13H2,1-3H3,(H,29,34)/t21-,25-/m0/s1. The number of hydrogen-bond acceptors (Lipinski definition) is 8. The van der Waals surface area contributed by atoms with Crippen LogP contribution in [0.25, 0.3) is 0 Å². The Kier molecular flexibility index (Phi) is 9.11. The Morgan fingerprint density at radius 3 is 2.78 bits per heavy atom. The molecular formula is C26H27ClN2O4S3. The van der Waals surface area contributed by atoms with Crippen LogP contribution in [0.15, 0.2) is 41.8 Å². The van der Waals surface area contributed by atoms with Crippen LogP contribution in [0.5, 0.6) is 11.5 Å². The number of benzene rings is 2. The number of halogens is 1. The van der Waals surface area contributed by atoms with Crippen molar-refractivity contribution in [2.24, 2.45) is 0 Å². The molecule has 36 heavy (non-hydrogen) atoms. The maximum Gasteiger partial charge on any atom is 0.306 e. The minimum atomic E-state index is -0.205. The maximum absolute atomic E-state index is 11.7. The monoisotopic (exact) mass is 562 g/mol. The molecule has 0 saturated heterocycles. The molecule has 0 unspecified atom stereocenters. The number of methoxy groups -OCH3 is 2. The van der Waals surface area contributed by atoms with E-state index in [1.165, 1.54) is 0 Å². The average molecular weight is 563 g/mol. The molecule has 190 valence electrons. The molecule has 0 spiro atoms. The number of nitrogens with zero attached hydrogens (tertiary/aromatic N) is 1. The van der Waals surface area contributed by atoms with E-state index in [2.05, 4.69) is 5.32 Å². The summed E-state index contributed by atoms with van der Waals surface area (Å²) in [6.07, 6.45) is 1.54. The van der Waals surface area contributed by atoms with Gasteiger partial charge in [0.15, 0.2) is 11.5 Å². The Hall–Kier alpha value is -2.33. The third kappa shape index (κ3) is 6.14. The highest BCUT2D eigenvalue weighted by Crippen LogP contribution is 2.50. The average Bonchev–Trinajstić information content (AvgIpc) is 3.28. The van der Waals surface area contributed by atoms with E-state index in [-0.39, 0.29) is 16.5 Å². The molecule has 1 aliphatic heterocycles. The molecule has 0 radical (unpaired) electrons. The van der Waals surface area contributed by atoms with Gasteiger partial charge in [-0.25, -0.2) is 4.98 Å². The van der Waals surface area contributed by atoms with Crippen molar-refractivity contribution in [2.45, 2.75) is 36.7 Å². The molecule has 3 aromatic rings. The number of carbonyl (C=O) groups excluding carboxylic acids is 1. The van der Waals surface area contributed by atoms with Crippen molar-refractivity contribution in [3.05, 3.63) is 68.6 Å². The summed E-state index contributed by atoms with van der Waals surface area (Å²) in [6, 6.07) is 11.7. The number of carbonyl (C=O) groups is 1. The van der Waals surface area contributed by atoms with Gasteiger partial charge in [0.25, 0.3) is 0 Å². The van der Waals surface area contributed by atoms with Gasteiger partial charge in [-0.2, -0.15) is 0 Å². The zero-order chi connectivity index (χ0) is 25.7. The van der Waals surface area contributed by atoms with Crippen LogP contribution in [0.4, 0.5) is 5.69 Å². The zero-order valence-electron chi connectivity index (χ0n) is 20.2. The van der Waals surface area contributed by atoms with Crippen LogP contribution in [0.3, 0.4) is 0 Å². The van der Waals surface area contributed by atoms with E-state index >= 15 is 0 Å². The summed E-state index contributed by atoms with van der Waals surface area (Å²) >= 11 is 15.6. The molecule has 0 saturated carbocycles. The van der Waals surface area contributed by atoms with Crippen molar-refractivity contribution < 1.29 is 19.0 Å². The molecule has 1 N–H and O–H groups in total. The van der Waals surface area contributed by atoms with Gasteiger partial charge in [0.2, 0.25) is 0 Å². The molecule has 0 aliphatic carbocycles. The fourth-order valence-electron chi connectivity index (χ4n) is 4.06. The number of thiocarbonyl (C=S) groups is 1. The predicted octanol–water partition coefficient (Wildman–Crippen LogP) is 6.50. The number of hydrogen-bond donors (Lipinski definition) is 1. The number of nitrogens with one attached hydrogen (secondary N) is 1. The Bertz CT molecular complexity index is 1250. The van der Waals surface area contributed by atoms with Gasteiger partial charge in [-0.1, -0.05) is 36.0 Å². The van der Waals surface area contributed by atoms with Crippen LogP contribution in [-0.4, -0.2) is 42.0 Å². The minimum absolute atomic E-state index is 0.0452. The number of fused-ring (bicyclic) bond motifs is 1. The number of ether oxygens (including phenoxy) is 3. The summed E-state index contributed by atoms with van der Waals surface area (Å²) in [5.74, 6) is 1.15. The summed E-state index contributed by atoms with van der Waals surface area (Å²) in [7, 11) is 3.28. The first-order valence-corrected chi connectivity index (χ1v) is 14.1. The molecule has 4 rings (SSSR count). The number of anilines is 1. The van der Waals surface area contributed by atoms with Gasteiger partial charge in [-0.05, 0) is 36.8 Å². The second-order valence-electron chi connectivity index (χ2n) is 8.05. The van der Waals surface area contributed by atoms with E-state index in [0.29, 0.717) is 42.4 Å². The number of para-hydroxylation sites is 1. The summed E-state index contributed by atoms with van der Waals surface area (Å²) in [6.45, 7) is 2.19. The summed E-state index contributed by atoms with van der Waals surface area (Å²) in [4.78, 5) is 17.2. The predicted molar refractivity (Wildman–Crippen MR) is 151 cm³/mol. The Morgan fingerprint density at radius 1 is 1.19 bits per heavy atom. The highest BCUT2D eigenvalue weighted by Gasteiger charge is 2.32. The van der Waals surface area contributed by atoms with E-state index in [1.54, 1.807) is 44.2 Å². The van der Waals surface area contributed by atoms with E-state index in [0.717, 1.165) is 32.5 Å². The lowest BCUT2D eigenvalue weighted by Gasteiger charge is -2.23. The highest BCUT2D eigenvalue weighted by molar-refractivity contribution is 8.02. The Balaban J connectivity index is 1.63. The first kappa shape index (κ1) is 26.7. The number of esters is 1. The summed E-state index contributed by atoms with van der Waals surface area (Å²) < 4.78 is 16.4. The van der Waals surface area contributed by atoms with Crippen molar-refractivity contribution in [2.75, 3.05) is 26.1 Å². The molecule has 2 aromatic carbocycles. The highest BCUT2D eigenvalue weighted by atomic mass is 35.5. The van der Waals surface area contributed by atoms with Gasteiger partial charge in [0.05, 0.1) is 53.4 Å². The van der Waals surface area contributed by atoms with E-state index in [9.17, 15) is 4.79 Å². The van der Waals surface area contributed by atoms with Crippen LogP contribution < -0.4 is 14.8 Å². The molecular weight excluding hydrogens is 536 g/mol. The maximum atomic E-state index is 11.7. The lowest BCUT2D eigenvalue weighted by atomic mass is 10.0. The fourth-order valence-corrected chi connectivity index (χ4v) is 7.02. The number of aromatic nitrogens is 1. The Morgan fingerprint density at radius 2 is 2.03 bits per heavy atom. The van der Waals surface area contributed by atoms with Gasteiger partial charge >= 0.3 is 5.97 Å².